The van der Waals surface area contributed by atoms with Crippen LogP contribution >= 0.6 is 0 Å². The molecule has 0 rings (SSSR count). The first-order valence-electron chi connectivity index (χ1n) is 2.19. The Balaban J connectivity index is 4.80. The summed E-state index contributed by atoms with van der Waals surface area (Å²) in [6.07, 6.45) is 0. The van der Waals surface area contributed by atoms with Gasteiger partial charge >= 0.3 is 16.3 Å². The molecule has 9 heteroatoms. The summed E-state index contributed by atoms with van der Waals surface area (Å²) in [7, 11) is -3.67. The van der Waals surface area contributed by atoms with Crippen molar-refractivity contribution in [2.24, 2.45) is 11.0 Å². The van der Waals surface area contributed by atoms with Gasteiger partial charge in [-0.25, -0.2) is 4.79 Å². The van der Waals surface area contributed by atoms with Gasteiger partial charge in [-0.3, -0.25) is 4.18 Å². The van der Waals surface area contributed by atoms with Gasteiger partial charge in [0, 0.05) is 0 Å². The molecule has 0 atom stereocenters. The second kappa shape index (κ2) is 3.25. The van der Waals surface area contributed by atoms with Gasteiger partial charge in [0.25, 0.3) is 0 Å². The molecule has 0 aliphatic carbocycles. The zero-order chi connectivity index (χ0) is 9.07. The van der Waals surface area contributed by atoms with Crippen molar-refractivity contribution in [3.8, 4) is 0 Å². The third kappa shape index (κ3) is 2.13. The van der Waals surface area contributed by atoms with Crippen molar-refractivity contribution in [3.05, 3.63) is 4.91 Å². The smallest absolute Gasteiger partial charge is 0.349 e. The van der Waals surface area contributed by atoms with E-state index in [2.05, 4.69) is 9.92 Å². The van der Waals surface area contributed by atoms with Gasteiger partial charge in [-0.1, -0.05) is 0 Å². The van der Waals surface area contributed by atoms with Crippen molar-refractivity contribution in [2.75, 3.05) is 7.11 Å². The highest BCUT2D eigenvalue weighted by Crippen LogP contribution is 2.00. The molecule has 0 saturated carbocycles. The van der Waals surface area contributed by atoms with Crippen molar-refractivity contribution in [3.63, 3.8) is 0 Å². The van der Waals surface area contributed by atoms with Crippen LogP contribution in [0, 0.1) is 4.91 Å². The number of carbonyl (C=O) groups is 1. The minimum absolute atomic E-state index is 0.507. The van der Waals surface area contributed by atoms with Crippen molar-refractivity contribution >= 4 is 16.3 Å². The summed E-state index contributed by atoms with van der Waals surface area (Å²) in [5.41, 5.74) is 4.44. The van der Waals surface area contributed by atoms with E-state index in [1.807, 2.05) is 5.29 Å². The lowest BCUT2D eigenvalue weighted by molar-refractivity contribution is 0.226. The third-order valence-corrected chi connectivity index (χ3v) is 1.78. The van der Waals surface area contributed by atoms with Crippen molar-refractivity contribution < 1.29 is 17.4 Å². The van der Waals surface area contributed by atoms with Gasteiger partial charge in [0.2, 0.25) is 0 Å². The maximum absolute atomic E-state index is 10.5. The van der Waals surface area contributed by atoms with Gasteiger partial charge in [0.1, 0.15) is 0 Å². The molecule has 0 aromatic rings. The molecule has 0 aromatic heterocycles. The highest BCUT2D eigenvalue weighted by Gasteiger charge is 2.26. The highest BCUT2D eigenvalue weighted by molar-refractivity contribution is 7.84. The first kappa shape index (κ1) is 9.78. The zero-order valence-electron chi connectivity index (χ0n) is 5.42. The van der Waals surface area contributed by atoms with Gasteiger partial charge in [-0.05, 0) is 4.41 Å². The summed E-state index contributed by atoms with van der Waals surface area (Å²) in [4.78, 5) is 19.8. The SMILES string of the molecule is COS(=O)(=O)N(N=O)C(N)=O. The summed E-state index contributed by atoms with van der Waals surface area (Å²) in [5, 5.41) is 1.83. The van der Waals surface area contributed by atoms with Crippen LogP contribution in [0.3, 0.4) is 0 Å². The predicted molar refractivity (Wildman–Crippen MR) is 33.1 cm³/mol. The van der Waals surface area contributed by atoms with E-state index < -0.39 is 20.7 Å². The fourth-order valence-corrected chi connectivity index (χ4v) is 0.705. The van der Waals surface area contributed by atoms with Crippen LogP contribution in [0.2, 0.25) is 0 Å². The Kier molecular flexibility index (Phi) is 2.89. The molecule has 0 saturated heterocycles. The molecule has 2 amide bonds. The molecule has 0 radical (unpaired) electrons. The van der Waals surface area contributed by atoms with Crippen LogP contribution in [0.5, 0.6) is 0 Å². The average Bonchev–Trinajstić information content (AvgIpc) is 1.88. The minimum atomic E-state index is -4.43. The van der Waals surface area contributed by atoms with Crippen LogP contribution in [0.1, 0.15) is 0 Å². The normalized spacial score (nSPS) is 10.6. The highest BCUT2D eigenvalue weighted by atomic mass is 32.2. The van der Waals surface area contributed by atoms with Crippen molar-refractivity contribution in [1.29, 1.82) is 0 Å². The molecule has 0 aliphatic rings. The van der Waals surface area contributed by atoms with E-state index in [4.69, 9.17) is 0 Å². The van der Waals surface area contributed by atoms with Gasteiger partial charge in [0.15, 0.2) is 0 Å². The van der Waals surface area contributed by atoms with Crippen LogP contribution in [0.4, 0.5) is 4.79 Å². The number of nitrogens with zero attached hydrogens (tertiary/aromatic N) is 2. The number of amides is 2. The van der Waals surface area contributed by atoms with Crippen LogP contribution in [0.15, 0.2) is 5.29 Å². The predicted octanol–water partition coefficient (Wildman–Crippen LogP) is -1.06. The molecular weight excluding hydrogens is 178 g/mol. The lowest BCUT2D eigenvalue weighted by atomic mass is 11.1. The average molecular weight is 183 g/mol. The zero-order valence-corrected chi connectivity index (χ0v) is 6.24. The summed E-state index contributed by atoms with van der Waals surface area (Å²) in [6, 6.07) is -1.53. The van der Waals surface area contributed by atoms with E-state index >= 15 is 0 Å². The largest absolute Gasteiger partial charge is 0.388 e. The molecule has 0 fully saturated rings. The number of urea groups is 1. The number of rotatable bonds is 3. The molecule has 0 bridgehead atoms. The van der Waals surface area contributed by atoms with Gasteiger partial charge < -0.3 is 5.73 Å². The summed E-state index contributed by atoms with van der Waals surface area (Å²) >= 11 is 0. The Morgan fingerprint density at radius 1 is 1.64 bits per heavy atom. The van der Waals surface area contributed by atoms with E-state index in [1.165, 1.54) is 0 Å². The molecular formula is C2H5N3O5S. The Hall–Kier alpha value is -1.22. The Labute approximate surface area is 62.1 Å². The van der Waals surface area contributed by atoms with Crippen LogP contribution < -0.4 is 5.73 Å². The second-order valence-corrected chi connectivity index (χ2v) is 2.82. The summed E-state index contributed by atoms with van der Waals surface area (Å²) < 4.78 is 24.2. The fraction of sp³-hybridized carbons (Fsp3) is 0.500. The number of primary amides is 1. The number of hydrogen-bond acceptors (Lipinski definition) is 6. The van der Waals surface area contributed by atoms with Gasteiger partial charge in [0.05, 0.1) is 12.4 Å². The second-order valence-electron chi connectivity index (χ2n) is 1.29. The molecule has 2 N–H and O–H groups in total. The monoisotopic (exact) mass is 183 g/mol. The van der Waals surface area contributed by atoms with E-state index in [1.54, 1.807) is 0 Å². The standard InChI is InChI=1S/C2H5N3O5S/c1-10-11(8,9)5(4-7)2(3)6/h1H3,(H2,3,6). The van der Waals surface area contributed by atoms with Crippen molar-refractivity contribution in [1.82, 2.24) is 4.41 Å². The van der Waals surface area contributed by atoms with Crippen LogP contribution in [-0.2, 0) is 14.5 Å². The van der Waals surface area contributed by atoms with E-state index in [0.717, 1.165) is 7.11 Å². The first-order valence-corrected chi connectivity index (χ1v) is 3.55. The molecule has 0 unspecified atom stereocenters. The third-order valence-electron chi connectivity index (χ3n) is 0.685. The minimum Gasteiger partial charge on any atom is -0.349 e. The number of nitrogens with two attached hydrogens (primary N) is 1. The topological polar surface area (TPSA) is 119 Å². The van der Waals surface area contributed by atoms with E-state index in [0.29, 0.717) is 0 Å². The number of nitroso groups, excluding NO2 is 1. The maximum Gasteiger partial charge on any atom is 0.388 e. The molecule has 8 nitrogen and oxygen atoms in total. The summed E-state index contributed by atoms with van der Waals surface area (Å²) in [6.45, 7) is 0. The molecule has 0 aromatic carbocycles. The quantitative estimate of drug-likeness (QED) is 0.441. The fourth-order valence-electron chi connectivity index (χ4n) is 0.262. The van der Waals surface area contributed by atoms with Crippen LogP contribution in [0.25, 0.3) is 0 Å². The molecule has 0 spiro atoms. The molecule has 11 heavy (non-hydrogen) atoms. The molecule has 64 valence electrons. The Morgan fingerprint density at radius 3 is 2.18 bits per heavy atom. The molecule has 0 aliphatic heterocycles. The van der Waals surface area contributed by atoms with E-state index in [9.17, 15) is 18.1 Å². The lowest BCUT2D eigenvalue weighted by Gasteiger charge is -2.06. The van der Waals surface area contributed by atoms with Crippen molar-refractivity contribution in [2.45, 2.75) is 0 Å². The Bertz CT molecular complexity index is 257. The summed E-state index contributed by atoms with van der Waals surface area (Å²) in [5.74, 6) is 0. The molecule has 0 heterocycles. The number of carbonyl (C=O) groups excluding carboxylic acids is 1. The number of hydrogen-bond donors (Lipinski definition) is 1. The maximum atomic E-state index is 10.5. The van der Waals surface area contributed by atoms with E-state index in [-0.39, 0.29) is 0 Å². The van der Waals surface area contributed by atoms with Gasteiger partial charge in [-0.15, -0.1) is 4.91 Å². The first-order chi connectivity index (χ1) is 4.95. The lowest BCUT2D eigenvalue weighted by Crippen LogP contribution is -2.36. The van der Waals surface area contributed by atoms with Crippen LogP contribution in [-0.4, -0.2) is 26.0 Å². The van der Waals surface area contributed by atoms with Gasteiger partial charge in [-0.2, -0.15) is 8.42 Å². The Morgan fingerprint density at radius 2 is 2.09 bits per heavy atom.